The Kier molecular flexibility index (Phi) is 5.83. The number of hydrogen-bond acceptors (Lipinski definition) is 5. The third-order valence-corrected chi connectivity index (χ3v) is 8.38. The van der Waals surface area contributed by atoms with E-state index in [1.165, 1.54) is 5.56 Å². The van der Waals surface area contributed by atoms with Gasteiger partial charge < -0.3 is 0 Å². The quantitative estimate of drug-likeness (QED) is 0.203. The molecule has 0 aliphatic heterocycles. The minimum Gasteiger partial charge on any atom is -0.283 e. The standard InChI is InChI=1S/C37H30N8/c1-6-23-10-13-30-27(17-23)39-21-43(30)33-20-34(44-22-40-28-18-24(7-2)11-14-31(28)44)42-36(41-33)45-29-15-12-25(37(3,4)5)19-26(29)35-32(45)9-8-16-38-35/h6-22H,1-2H2,3-5H3. The Labute approximate surface area is 259 Å². The summed E-state index contributed by atoms with van der Waals surface area (Å²) >= 11 is 0. The fourth-order valence-corrected chi connectivity index (χ4v) is 5.95. The Bertz CT molecular complexity index is 2360. The van der Waals surface area contributed by atoms with Gasteiger partial charge in [0.05, 0.1) is 38.6 Å². The molecule has 0 bridgehead atoms. The molecule has 218 valence electrons. The summed E-state index contributed by atoms with van der Waals surface area (Å²) in [6, 6.07) is 24.8. The first-order chi connectivity index (χ1) is 21.8. The van der Waals surface area contributed by atoms with Gasteiger partial charge in [0.1, 0.15) is 24.3 Å². The average molecular weight is 587 g/mol. The molecule has 3 aromatic carbocycles. The summed E-state index contributed by atoms with van der Waals surface area (Å²) in [5.74, 6) is 1.88. The molecular weight excluding hydrogens is 556 g/mol. The Hall–Kier alpha value is -5.89. The Balaban J connectivity index is 1.43. The number of pyridine rings is 1. The van der Waals surface area contributed by atoms with Crippen molar-refractivity contribution in [2.45, 2.75) is 26.2 Å². The van der Waals surface area contributed by atoms with E-state index in [-0.39, 0.29) is 5.41 Å². The molecule has 0 radical (unpaired) electrons. The summed E-state index contributed by atoms with van der Waals surface area (Å²) in [4.78, 5) is 24.6. The van der Waals surface area contributed by atoms with Crippen molar-refractivity contribution in [1.29, 1.82) is 0 Å². The highest BCUT2D eigenvalue weighted by Crippen LogP contribution is 2.34. The van der Waals surface area contributed by atoms with E-state index >= 15 is 0 Å². The molecule has 0 aliphatic rings. The fraction of sp³-hybridized carbons (Fsp3) is 0.108. The van der Waals surface area contributed by atoms with Crippen LogP contribution in [-0.2, 0) is 5.41 Å². The SMILES string of the molecule is C=Cc1ccc2c(c1)ncn2-c1cc(-n2cnc3cc(C=C)ccc32)nc(-n2c3ccc(C(C)(C)C)cc3c3ncccc32)n1. The van der Waals surface area contributed by atoms with Crippen LogP contribution in [0.1, 0.15) is 37.5 Å². The Morgan fingerprint density at radius 1 is 0.644 bits per heavy atom. The van der Waals surface area contributed by atoms with Gasteiger partial charge >= 0.3 is 0 Å². The molecule has 0 fully saturated rings. The van der Waals surface area contributed by atoms with Crippen LogP contribution in [0.4, 0.5) is 0 Å². The zero-order valence-corrected chi connectivity index (χ0v) is 25.3. The molecule has 0 spiro atoms. The van der Waals surface area contributed by atoms with Gasteiger partial charge in [-0.1, -0.05) is 64.3 Å². The molecule has 0 amide bonds. The summed E-state index contributed by atoms with van der Waals surface area (Å²) in [5, 5.41) is 1.06. The summed E-state index contributed by atoms with van der Waals surface area (Å²) in [6.07, 6.45) is 9.09. The summed E-state index contributed by atoms with van der Waals surface area (Å²) in [6.45, 7) is 14.5. The lowest BCUT2D eigenvalue weighted by molar-refractivity contribution is 0.591. The molecule has 8 aromatic rings. The molecule has 0 aliphatic carbocycles. The van der Waals surface area contributed by atoms with E-state index in [4.69, 9.17) is 24.9 Å². The van der Waals surface area contributed by atoms with E-state index in [9.17, 15) is 0 Å². The first kappa shape index (κ1) is 26.7. The van der Waals surface area contributed by atoms with Gasteiger partial charge in [0.15, 0.2) is 0 Å². The third-order valence-electron chi connectivity index (χ3n) is 8.38. The van der Waals surface area contributed by atoms with Crippen LogP contribution in [0, 0.1) is 0 Å². The molecule has 8 rings (SSSR count). The maximum absolute atomic E-state index is 5.18. The Morgan fingerprint density at radius 2 is 1.24 bits per heavy atom. The lowest BCUT2D eigenvalue weighted by Gasteiger charge is -2.19. The number of hydrogen-bond donors (Lipinski definition) is 0. The lowest BCUT2D eigenvalue weighted by Crippen LogP contribution is -2.11. The maximum atomic E-state index is 5.18. The maximum Gasteiger partial charge on any atom is 0.238 e. The van der Waals surface area contributed by atoms with E-state index in [0.717, 1.165) is 55.1 Å². The fourth-order valence-electron chi connectivity index (χ4n) is 5.95. The zero-order valence-electron chi connectivity index (χ0n) is 25.3. The molecule has 0 N–H and O–H groups in total. The number of rotatable bonds is 5. The predicted molar refractivity (Wildman–Crippen MR) is 182 cm³/mol. The van der Waals surface area contributed by atoms with E-state index in [1.54, 1.807) is 12.7 Å². The van der Waals surface area contributed by atoms with Crippen molar-refractivity contribution in [2.24, 2.45) is 0 Å². The van der Waals surface area contributed by atoms with Gasteiger partial charge in [-0.2, -0.15) is 9.97 Å². The van der Waals surface area contributed by atoms with Crippen LogP contribution in [0.25, 0.3) is 73.7 Å². The monoisotopic (exact) mass is 586 g/mol. The minimum atomic E-state index is -0.0110. The minimum absolute atomic E-state index is 0.0110. The summed E-state index contributed by atoms with van der Waals surface area (Å²) in [5.41, 5.74) is 9.64. The highest BCUT2D eigenvalue weighted by molar-refractivity contribution is 6.07. The van der Waals surface area contributed by atoms with Crippen LogP contribution in [-0.4, -0.2) is 38.6 Å². The zero-order chi connectivity index (χ0) is 30.9. The lowest BCUT2D eigenvalue weighted by atomic mass is 9.86. The van der Waals surface area contributed by atoms with Crippen molar-refractivity contribution >= 4 is 56.2 Å². The van der Waals surface area contributed by atoms with Crippen molar-refractivity contribution in [1.82, 2.24) is 38.6 Å². The van der Waals surface area contributed by atoms with Gasteiger partial charge in [0, 0.05) is 17.6 Å². The second-order valence-electron chi connectivity index (χ2n) is 12.2. The van der Waals surface area contributed by atoms with Gasteiger partial charge in [-0.3, -0.25) is 18.7 Å². The van der Waals surface area contributed by atoms with Gasteiger partial charge in [0.2, 0.25) is 5.95 Å². The van der Waals surface area contributed by atoms with Crippen LogP contribution < -0.4 is 0 Å². The molecule has 5 heterocycles. The number of nitrogens with zero attached hydrogens (tertiary/aromatic N) is 8. The molecule has 0 atom stereocenters. The smallest absolute Gasteiger partial charge is 0.238 e. The topological polar surface area (TPSA) is 79.2 Å². The van der Waals surface area contributed by atoms with Crippen LogP contribution in [0.5, 0.6) is 0 Å². The molecule has 5 aromatic heterocycles. The summed E-state index contributed by atoms with van der Waals surface area (Å²) in [7, 11) is 0. The van der Waals surface area contributed by atoms with Crippen LogP contribution in [0.3, 0.4) is 0 Å². The normalized spacial score (nSPS) is 12.1. The molecule has 0 saturated carbocycles. The molecule has 0 unspecified atom stereocenters. The third kappa shape index (κ3) is 4.25. The van der Waals surface area contributed by atoms with Crippen molar-refractivity contribution in [3.63, 3.8) is 0 Å². The molecule has 8 heteroatoms. The van der Waals surface area contributed by atoms with Crippen molar-refractivity contribution in [3.8, 4) is 17.6 Å². The number of imidazole rings is 2. The summed E-state index contributed by atoms with van der Waals surface area (Å²) < 4.78 is 6.09. The van der Waals surface area contributed by atoms with E-state index in [2.05, 4.69) is 62.8 Å². The molecule has 8 nitrogen and oxygen atoms in total. The second kappa shape index (κ2) is 9.82. The molecule has 45 heavy (non-hydrogen) atoms. The largest absolute Gasteiger partial charge is 0.283 e. The molecule has 0 saturated heterocycles. The van der Waals surface area contributed by atoms with Crippen molar-refractivity contribution in [2.75, 3.05) is 0 Å². The van der Waals surface area contributed by atoms with Crippen LogP contribution in [0.15, 0.2) is 105 Å². The molecular formula is C37H30N8. The highest BCUT2D eigenvalue weighted by Gasteiger charge is 2.21. The van der Waals surface area contributed by atoms with E-state index in [0.29, 0.717) is 17.6 Å². The van der Waals surface area contributed by atoms with Gasteiger partial charge in [-0.15, -0.1) is 0 Å². The first-order valence-corrected chi connectivity index (χ1v) is 14.8. The first-order valence-electron chi connectivity index (χ1n) is 14.8. The van der Waals surface area contributed by atoms with Crippen LogP contribution >= 0.6 is 0 Å². The van der Waals surface area contributed by atoms with E-state index in [1.807, 2.05) is 76.0 Å². The van der Waals surface area contributed by atoms with Gasteiger partial charge in [0.25, 0.3) is 0 Å². The van der Waals surface area contributed by atoms with Crippen molar-refractivity contribution < 1.29 is 0 Å². The van der Waals surface area contributed by atoms with Gasteiger partial charge in [-0.05, 0) is 70.6 Å². The van der Waals surface area contributed by atoms with Crippen molar-refractivity contribution in [3.05, 3.63) is 121 Å². The van der Waals surface area contributed by atoms with Crippen LogP contribution in [0.2, 0.25) is 0 Å². The van der Waals surface area contributed by atoms with Gasteiger partial charge in [-0.25, -0.2) is 9.97 Å². The predicted octanol–water partition coefficient (Wildman–Crippen LogP) is 8.23. The Morgan fingerprint density at radius 3 is 1.82 bits per heavy atom. The number of aromatic nitrogens is 8. The second-order valence-corrected chi connectivity index (χ2v) is 12.2. The highest BCUT2D eigenvalue weighted by atomic mass is 15.2. The number of fused-ring (bicyclic) bond motifs is 5. The number of benzene rings is 3. The van der Waals surface area contributed by atoms with E-state index < -0.39 is 0 Å². The average Bonchev–Trinajstić information content (AvgIpc) is 3.77.